The van der Waals surface area contributed by atoms with Gasteiger partial charge in [-0.2, -0.15) is 10.1 Å². The number of nitrogens with zero attached hydrogens (tertiary/aromatic N) is 2. The van der Waals surface area contributed by atoms with E-state index in [1.807, 2.05) is 48.5 Å². The summed E-state index contributed by atoms with van der Waals surface area (Å²) in [5.74, 6) is 0.149. The van der Waals surface area contributed by atoms with Crippen molar-refractivity contribution in [2.24, 2.45) is 28.8 Å². The van der Waals surface area contributed by atoms with Gasteiger partial charge in [-0.1, -0.05) is 54.1 Å². The van der Waals surface area contributed by atoms with Gasteiger partial charge in [0.05, 0.1) is 18.1 Å². The Kier molecular flexibility index (Phi) is 4.91. The molecule has 2 aromatic carbocycles. The molecule has 0 unspecified atom stereocenters. The predicted octanol–water partition coefficient (Wildman–Crippen LogP) is 4.45. The Labute approximate surface area is 180 Å². The average Bonchev–Trinajstić information content (AvgIpc) is 3.05. The molecule has 6 heteroatoms. The van der Waals surface area contributed by atoms with Gasteiger partial charge in [0.15, 0.2) is 0 Å². The van der Waals surface area contributed by atoms with Crippen LogP contribution in [0.1, 0.15) is 24.0 Å². The zero-order valence-corrected chi connectivity index (χ0v) is 17.0. The molecule has 0 aromatic heterocycles. The van der Waals surface area contributed by atoms with E-state index in [-0.39, 0.29) is 35.5 Å². The Balaban J connectivity index is 1.29. The third kappa shape index (κ3) is 3.33. The van der Waals surface area contributed by atoms with E-state index in [9.17, 15) is 9.59 Å². The Morgan fingerprint density at radius 3 is 2.37 bits per heavy atom. The van der Waals surface area contributed by atoms with Crippen molar-refractivity contribution in [3.05, 3.63) is 76.8 Å². The summed E-state index contributed by atoms with van der Waals surface area (Å²) in [5.41, 5.74) is 1.65. The lowest BCUT2D eigenvalue weighted by atomic mass is 9.63. The van der Waals surface area contributed by atoms with Crippen LogP contribution in [-0.2, 0) is 16.2 Å². The van der Waals surface area contributed by atoms with Crippen LogP contribution in [0.4, 0.5) is 0 Å². The van der Waals surface area contributed by atoms with Crippen LogP contribution in [0.2, 0.25) is 5.02 Å². The number of fused-ring (bicyclic) bond motifs is 1. The van der Waals surface area contributed by atoms with Crippen molar-refractivity contribution in [1.82, 2.24) is 5.01 Å². The maximum Gasteiger partial charge on any atom is 0.254 e. The van der Waals surface area contributed by atoms with Crippen LogP contribution in [0, 0.1) is 23.7 Å². The van der Waals surface area contributed by atoms with E-state index < -0.39 is 0 Å². The topological polar surface area (TPSA) is 59.0 Å². The molecule has 0 spiro atoms. The number of hydrogen-bond acceptors (Lipinski definition) is 4. The van der Waals surface area contributed by atoms with Gasteiger partial charge in [0.25, 0.3) is 11.8 Å². The van der Waals surface area contributed by atoms with Gasteiger partial charge in [0, 0.05) is 10.6 Å². The fourth-order valence-corrected chi connectivity index (χ4v) is 4.95. The highest BCUT2D eigenvalue weighted by molar-refractivity contribution is 6.31. The van der Waals surface area contributed by atoms with Gasteiger partial charge in [-0.05, 0) is 48.4 Å². The number of imide groups is 1. The Hall–Kier alpha value is -2.92. The van der Waals surface area contributed by atoms with E-state index in [1.54, 1.807) is 6.21 Å². The monoisotopic (exact) mass is 420 g/mol. The molecule has 1 saturated heterocycles. The number of hydrazone groups is 1. The quantitative estimate of drug-likeness (QED) is 0.408. The minimum Gasteiger partial charge on any atom is -0.489 e. The maximum absolute atomic E-state index is 12.8. The molecule has 5 nitrogen and oxygen atoms in total. The first-order valence-electron chi connectivity index (χ1n) is 10.2. The summed E-state index contributed by atoms with van der Waals surface area (Å²) in [6.07, 6.45) is 7.71. The van der Waals surface area contributed by atoms with Crippen molar-refractivity contribution >= 4 is 29.6 Å². The molecular weight excluding hydrogens is 400 g/mol. The van der Waals surface area contributed by atoms with Gasteiger partial charge >= 0.3 is 0 Å². The van der Waals surface area contributed by atoms with E-state index in [0.29, 0.717) is 17.4 Å². The normalized spacial score (nSPS) is 27.2. The summed E-state index contributed by atoms with van der Waals surface area (Å²) >= 11 is 6.17. The number of allylic oxidation sites excluding steroid dienone is 2. The maximum atomic E-state index is 12.8. The zero-order valence-electron chi connectivity index (χ0n) is 16.3. The van der Waals surface area contributed by atoms with Crippen LogP contribution in [0.3, 0.4) is 0 Å². The van der Waals surface area contributed by atoms with Gasteiger partial charge in [-0.15, -0.1) is 0 Å². The average molecular weight is 421 g/mol. The molecule has 3 aliphatic carbocycles. The second-order valence-corrected chi connectivity index (χ2v) is 8.43. The SMILES string of the molecule is O=C1[C@@H]2[C@@H](C(=O)N1/N=C\c1cccc(OCc3ccccc3Cl)c1)[C@H]1C=C[C@H]2CC1. The van der Waals surface area contributed by atoms with Gasteiger partial charge in [-0.25, -0.2) is 0 Å². The summed E-state index contributed by atoms with van der Waals surface area (Å²) in [5, 5.41) is 5.99. The number of rotatable bonds is 5. The molecule has 2 aromatic rings. The van der Waals surface area contributed by atoms with E-state index in [4.69, 9.17) is 16.3 Å². The summed E-state index contributed by atoms with van der Waals surface area (Å²) in [6.45, 7) is 0.350. The molecule has 2 amide bonds. The summed E-state index contributed by atoms with van der Waals surface area (Å²) < 4.78 is 5.84. The molecule has 0 radical (unpaired) electrons. The Morgan fingerprint density at radius 1 is 1.00 bits per heavy atom. The molecule has 2 bridgehead atoms. The van der Waals surface area contributed by atoms with Crippen molar-refractivity contribution in [1.29, 1.82) is 0 Å². The van der Waals surface area contributed by atoms with E-state index in [1.165, 1.54) is 0 Å². The predicted molar refractivity (Wildman–Crippen MR) is 114 cm³/mol. The number of benzene rings is 2. The highest BCUT2D eigenvalue weighted by Crippen LogP contribution is 2.49. The van der Waals surface area contributed by atoms with Crippen molar-refractivity contribution in [3.63, 3.8) is 0 Å². The highest BCUT2D eigenvalue weighted by atomic mass is 35.5. The molecule has 30 heavy (non-hydrogen) atoms. The molecule has 1 heterocycles. The Bertz CT molecular complexity index is 1030. The van der Waals surface area contributed by atoms with Crippen LogP contribution >= 0.6 is 11.6 Å². The summed E-state index contributed by atoms with van der Waals surface area (Å²) in [4.78, 5) is 25.7. The van der Waals surface area contributed by atoms with Gasteiger partial charge < -0.3 is 4.74 Å². The van der Waals surface area contributed by atoms with Crippen molar-refractivity contribution < 1.29 is 14.3 Å². The van der Waals surface area contributed by atoms with Crippen LogP contribution in [0.25, 0.3) is 0 Å². The number of carbonyl (C=O) groups is 2. The lowest BCUT2D eigenvalue weighted by molar-refractivity contribution is -0.140. The standard InChI is InChI=1S/C24H21ClN2O3/c25-20-7-2-1-5-18(20)14-30-19-6-3-4-15(12-19)13-26-27-23(28)21-16-8-9-17(11-10-16)22(21)24(27)29/h1-9,12-13,16-17,21-22H,10-11,14H2/b26-13-/t16-,17-,21-,22-/m0/s1. The molecule has 1 aliphatic heterocycles. The summed E-state index contributed by atoms with van der Waals surface area (Å²) in [7, 11) is 0. The second kappa shape index (κ2) is 7.73. The fraction of sp³-hybridized carbons (Fsp3) is 0.292. The molecule has 2 fully saturated rings. The molecule has 152 valence electrons. The minimum absolute atomic E-state index is 0.165. The first-order valence-corrected chi connectivity index (χ1v) is 10.6. The number of amides is 2. The summed E-state index contributed by atoms with van der Waals surface area (Å²) in [6, 6.07) is 14.9. The van der Waals surface area contributed by atoms with E-state index >= 15 is 0 Å². The van der Waals surface area contributed by atoms with E-state index in [2.05, 4.69) is 17.3 Å². The first-order chi connectivity index (χ1) is 14.6. The molecule has 4 atom stereocenters. The largest absolute Gasteiger partial charge is 0.489 e. The van der Waals surface area contributed by atoms with Crippen LogP contribution in [0.15, 0.2) is 65.8 Å². The van der Waals surface area contributed by atoms with Gasteiger partial charge in [0.2, 0.25) is 0 Å². The second-order valence-electron chi connectivity index (χ2n) is 8.03. The van der Waals surface area contributed by atoms with Gasteiger partial charge in [-0.3, -0.25) is 9.59 Å². The number of hydrogen-bond donors (Lipinski definition) is 0. The molecule has 6 rings (SSSR count). The van der Waals surface area contributed by atoms with Crippen molar-refractivity contribution in [2.45, 2.75) is 19.4 Å². The van der Waals surface area contributed by atoms with Crippen molar-refractivity contribution in [3.8, 4) is 5.75 Å². The molecule has 0 N–H and O–H groups in total. The first kappa shape index (κ1) is 19.1. The van der Waals surface area contributed by atoms with E-state index in [0.717, 1.165) is 29.0 Å². The minimum atomic E-state index is -0.247. The third-order valence-electron chi connectivity index (χ3n) is 6.27. The highest BCUT2D eigenvalue weighted by Gasteiger charge is 2.56. The zero-order chi connectivity index (χ0) is 20.7. The fourth-order valence-electron chi connectivity index (χ4n) is 4.76. The molecule has 1 saturated carbocycles. The number of carbonyl (C=O) groups excluding carboxylic acids is 2. The lowest BCUT2D eigenvalue weighted by Gasteiger charge is -2.37. The molecule has 4 aliphatic rings. The lowest BCUT2D eigenvalue weighted by Crippen LogP contribution is -2.38. The van der Waals surface area contributed by atoms with Crippen LogP contribution in [0.5, 0.6) is 5.75 Å². The van der Waals surface area contributed by atoms with Crippen LogP contribution in [-0.4, -0.2) is 23.0 Å². The Morgan fingerprint density at radius 2 is 1.70 bits per heavy atom. The third-order valence-corrected chi connectivity index (χ3v) is 6.64. The molecular formula is C24H21ClN2O3. The van der Waals surface area contributed by atoms with Crippen molar-refractivity contribution in [2.75, 3.05) is 0 Å². The smallest absolute Gasteiger partial charge is 0.254 e. The van der Waals surface area contributed by atoms with Gasteiger partial charge in [0.1, 0.15) is 12.4 Å². The number of ether oxygens (including phenoxy) is 1. The number of halogens is 1. The van der Waals surface area contributed by atoms with Crippen LogP contribution < -0.4 is 4.74 Å².